The van der Waals surface area contributed by atoms with E-state index in [0.717, 1.165) is 25.4 Å². The molecule has 0 fully saturated rings. The number of benzene rings is 1. The van der Waals surface area contributed by atoms with Gasteiger partial charge >= 0.3 is 0 Å². The molecule has 94 valence electrons. The molecule has 8 heteroatoms. The molecule has 0 heterocycles. The Hall–Kier alpha value is -2.90. The molecule has 0 aliphatic rings. The molecule has 0 aliphatic heterocycles. The minimum Gasteiger partial charge on any atom is -0.390 e. The van der Waals surface area contributed by atoms with E-state index in [1.165, 1.54) is 0 Å². The quantitative estimate of drug-likeness (QED) is 0.441. The fraction of sp³-hybridized carbons (Fsp3) is 0. The Morgan fingerprint density at radius 2 is 0.778 bits per heavy atom. The van der Waals surface area contributed by atoms with E-state index in [-0.39, 0.29) is 0 Å². The van der Waals surface area contributed by atoms with Gasteiger partial charge in [-0.3, -0.25) is 0 Å². The van der Waals surface area contributed by atoms with E-state index in [1.807, 2.05) is 0 Å². The fourth-order valence-corrected chi connectivity index (χ4v) is 1.29. The molecule has 0 bridgehead atoms. The summed E-state index contributed by atoms with van der Waals surface area (Å²) in [4.78, 5) is 15.8. The van der Waals surface area contributed by atoms with Crippen LogP contribution < -0.4 is 22.9 Å². The lowest BCUT2D eigenvalue weighted by Gasteiger charge is -2.05. The van der Waals surface area contributed by atoms with Crippen molar-refractivity contribution in [2.75, 3.05) is 0 Å². The van der Waals surface area contributed by atoms with Crippen LogP contribution in [-0.2, 0) is 0 Å². The molecule has 0 saturated carbocycles. The van der Waals surface area contributed by atoms with Gasteiger partial charge in [0, 0.05) is 0 Å². The van der Waals surface area contributed by atoms with Crippen LogP contribution in [0.15, 0.2) is 32.1 Å². The lowest BCUT2D eigenvalue weighted by atomic mass is 10.2. The summed E-state index contributed by atoms with van der Waals surface area (Å²) in [6, 6.07) is 3.24. The lowest BCUT2D eigenvalue weighted by Crippen LogP contribution is -1.91. The van der Waals surface area contributed by atoms with Crippen LogP contribution in [0.2, 0.25) is 0 Å². The zero-order valence-corrected chi connectivity index (χ0v) is 9.56. The van der Waals surface area contributed by atoms with Gasteiger partial charge in [-0.05, 0) is 12.1 Å². The Morgan fingerprint density at radius 1 is 0.556 bits per heavy atom. The molecule has 0 spiro atoms. The van der Waals surface area contributed by atoms with E-state index in [1.54, 1.807) is 12.1 Å². The smallest absolute Gasteiger partial charge is 0.0927 e. The highest BCUT2D eigenvalue weighted by molar-refractivity contribution is 5.84. The molecule has 0 radical (unpaired) electrons. The van der Waals surface area contributed by atoms with Crippen molar-refractivity contribution in [2.24, 2.45) is 42.9 Å². The van der Waals surface area contributed by atoms with Crippen molar-refractivity contribution in [3.05, 3.63) is 12.1 Å². The van der Waals surface area contributed by atoms with E-state index in [4.69, 9.17) is 22.9 Å². The lowest BCUT2D eigenvalue weighted by molar-refractivity contribution is 1.39. The maximum atomic E-state index is 5.26. The van der Waals surface area contributed by atoms with Gasteiger partial charge in [-0.2, -0.15) is 0 Å². The number of aliphatic imine (C=N–C) groups is 4. The van der Waals surface area contributed by atoms with Crippen molar-refractivity contribution in [3.8, 4) is 0 Å². The summed E-state index contributed by atoms with van der Waals surface area (Å²) in [7, 11) is 0. The molecule has 8 nitrogen and oxygen atoms in total. The monoisotopic (exact) mass is 246 g/mol. The second kappa shape index (κ2) is 6.63. The van der Waals surface area contributed by atoms with Crippen LogP contribution in [0.1, 0.15) is 0 Å². The van der Waals surface area contributed by atoms with Crippen LogP contribution in [0, 0.1) is 0 Å². The van der Waals surface area contributed by atoms with Gasteiger partial charge in [0.05, 0.1) is 48.1 Å². The third-order valence-corrected chi connectivity index (χ3v) is 1.93. The molecule has 0 amide bonds. The van der Waals surface area contributed by atoms with Crippen molar-refractivity contribution in [2.45, 2.75) is 0 Å². The predicted molar refractivity (Wildman–Crippen MR) is 75.8 cm³/mol. The first-order valence-electron chi connectivity index (χ1n) is 4.92. The molecular formula is C10H14N8. The van der Waals surface area contributed by atoms with Gasteiger partial charge in [-0.15, -0.1) is 0 Å². The highest BCUT2D eigenvalue weighted by Gasteiger charge is 2.07. The summed E-state index contributed by atoms with van der Waals surface area (Å²) in [6.45, 7) is 0. The van der Waals surface area contributed by atoms with Gasteiger partial charge in [0.15, 0.2) is 0 Å². The van der Waals surface area contributed by atoms with E-state index >= 15 is 0 Å². The predicted octanol–water partition coefficient (Wildman–Crippen LogP) is 0.161. The van der Waals surface area contributed by atoms with Crippen molar-refractivity contribution in [1.82, 2.24) is 0 Å². The summed E-state index contributed by atoms with van der Waals surface area (Å²) in [5.74, 6) is 0. The Bertz CT molecular complexity index is 425. The fourth-order valence-electron chi connectivity index (χ4n) is 1.29. The van der Waals surface area contributed by atoms with Crippen molar-refractivity contribution >= 4 is 48.1 Å². The van der Waals surface area contributed by atoms with E-state index < -0.39 is 0 Å². The van der Waals surface area contributed by atoms with E-state index in [2.05, 4.69) is 20.0 Å². The number of nitrogens with two attached hydrogens (primary N) is 4. The highest BCUT2D eigenvalue weighted by atomic mass is 14.9. The summed E-state index contributed by atoms with van der Waals surface area (Å²) >= 11 is 0. The third-order valence-electron chi connectivity index (χ3n) is 1.93. The van der Waals surface area contributed by atoms with Crippen LogP contribution in [-0.4, -0.2) is 25.4 Å². The average Bonchev–Trinajstić information content (AvgIpc) is 2.35. The Balaban J connectivity index is 3.48. The molecule has 0 unspecified atom stereocenters. The highest BCUT2D eigenvalue weighted by Crippen LogP contribution is 2.39. The molecule has 18 heavy (non-hydrogen) atoms. The maximum absolute atomic E-state index is 5.26. The van der Waals surface area contributed by atoms with Crippen molar-refractivity contribution in [1.29, 1.82) is 0 Å². The molecule has 0 saturated heterocycles. The van der Waals surface area contributed by atoms with Crippen LogP contribution in [0.4, 0.5) is 22.7 Å². The van der Waals surface area contributed by atoms with Crippen LogP contribution in [0.3, 0.4) is 0 Å². The number of rotatable bonds is 4. The summed E-state index contributed by atoms with van der Waals surface area (Å²) in [6.07, 6.45) is 4.58. The molecule has 0 aromatic heterocycles. The van der Waals surface area contributed by atoms with Crippen LogP contribution in [0.5, 0.6) is 0 Å². The van der Waals surface area contributed by atoms with Gasteiger partial charge in [0.2, 0.25) is 0 Å². The topological polar surface area (TPSA) is 154 Å². The summed E-state index contributed by atoms with van der Waals surface area (Å²) < 4.78 is 0. The zero-order chi connectivity index (χ0) is 13.4. The molecule has 1 aromatic rings. The minimum atomic E-state index is 0.496. The average molecular weight is 246 g/mol. The van der Waals surface area contributed by atoms with Crippen LogP contribution >= 0.6 is 0 Å². The first-order chi connectivity index (χ1) is 8.76. The molecule has 8 N–H and O–H groups in total. The van der Waals surface area contributed by atoms with Gasteiger partial charge < -0.3 is 22.9 Å². The molecule has 0 aliphatic carbocycles. The van der Waals surface area contributed by atoms with Gasteiger partial charge in [0.1, 0.15) is 0 Å². The first-order valence-corrected chi connectivity index (χ1v) is 4.92. The number of hydrogen-bond acceptors (Lipinski definition) is 4. The second-order valence-corrected chi connectivity index (χ2v) is 2.94. The Kier molecular flexibility index (Phi) is 4.85. The number of hydrogen-bond donors (Lipinski definition) is 4. The standard InChI is InChI=1S/C10H14N8/c11-3-15-7-1-8(16-4-12)10(18-6-14)2-9(7)17-5-13/h1-6H,(H2,11,15)(H2,12,16)(H2,13,17)(H2,14,18). The van der Waals surface area contributed by atoms with Gasteiger partial charge in [0.25, 0.3) is 0 Å². The van der Waals surface area contributed by atoms with E-state index in [9.17, 15) is 0 Å². The maximum Gasteiger partial charge on any atom is 0.0927 e. The molecular weight excluding hydrogens is 232 g/mol. The number of nitrogens with zero attached hydrogens (tertiary/aromatic N) is 4. The van der Waals surface area contributed by atoms with Crippen molar-refractivity contribution in [3.63, 3.8) is 0 Å². The van der Waals surface area contributed by atoms with Crippen LogP contribution in [0.25, 0.3) is 0 Å². The largest absolute Gasteiger partial charge is 0.390 e. The molecule has 0 atom stereocenters. The van der Waals surface area contributed by atoms with E-state index in [0.29, 0.717) is 22.7 Å². The second-order valence-electron chi connectivity index (χ2n) is 2.94. The Morgan fingerprint density at radius 3 is 0.944 bits per heavy atom. The summed E-state index contributed by atoms with van der Waals surface area (Å²) in [5.41, 5.74) is 23.0. The van der Waals surface area contributed by atoms with Gasteiger partial charge in [-0.25, -0.2) is 20.0 Å². The SMILES string of the molecule is NC=Nc1cc(N=CN)c(N=CN)cc1N=CN. The molecule has 1 rings (SSSR count). The Labute approximate surface area is 104 Å². The van der Waals surface area contributed by atoms with Crippen molar-refractivity contribution < 1.29 is 0 Å². The minimum absolute atomic E-state index is 0.496. The zero-order valence-electron chi connectivity index (χ0n) is 9.56. The van der Waals surface area contributed by atoms with Gasteiger partial charge in [-0.1, -0.05) is 0 Å². The first kappa shape index (κ1) is 13.2. The normalized spacial score (nSPS) is 12.4. The summed E-state index contributed by atoms with van der Waals surface area (Å²) in [5, 5.41) is 0. The molecule has 1 aromatic carbocycles. The third kappa shape index (κ3) is 3.04.